The molecule has 0 saturated heterocycles. The van der Waals surface area contributed by atoms with Crippen LogP contribution >= 0.6 is 24.4 Å². The Bertz CT molecular complexity index is 53.7. The average molecular weight is 182 g/mol. The molecule has 0 rings (SSSR count). The van der Waals surface area contributed by atoms with Gasteiger partial charge in [-0.1, -0.05) is 0 Å². The van der Waals surface area contributed by atoms with Crippen molar-refractivity contribution in [2.75, 3.05) is 37.1 Å². The molecule has 0 aromatic rings. The van der Waals surface area contributed by atoms with Crippen LogP contribution in [0.5, 0.6) is 0 Å². The number of hydrogen-bond acceptors (Lipinski definition) is 4. The predicted octanol–water partition coefficient (Wildman–Crippen LogP) is 0.658. The molecule has 2 nitrogen and oxygen atoms in total. The SMILES string of the molecule is OCCOCCSCCS. The van der Waals surface area contributed by atoms with Crippen LogP contribution in [0.4, 0.5) is 0 Å². The van der Waals surface area contributed by atoms with Crippen LogP contribution in [0.1, 0.15) is 0 Å². The Morgan fingerprint density at radius 2 is 2.10 bits per heavy atom. The second-order valence-corrected chi connectivity index (χ2v) is 3.34. The molecule has 0 aromatic carbocycles. The summed E-state index contributed by atoms with van der Waals surface area (Å²) in [6.07, 6.45) is 0. The lowest BCUT2D eigenvalue weighted by molar-refractivity contribution is 0.103. The Balaban J connectivity index is 2.65. The second kappa shape index (κ2) is 9.62. The van der Waals surface area contributed by atoms with E-state index in [1.54, 1.807) is 0 Å². The molecule has 0 saturated carbocycles. The van der Waals surface area contributed by atoms with Crippen molar-refractivity contribution in [2.45, 2.75) is 0 Å². The normalized spacial score (nSPS) is 10.2. The fourth-order valence-electron chi connectivity index (χ4n) is 0.451. The van der Waals surface area contributed by atoms with E-state index in [0.29, 0.717) is 6.61 Å². The molecular formula is C6H14O2S2. The van der Waals surface area contributed by atoms with E-state index < -0.39 is 0 Å². The van der Waals surface area contributed by atoms with Crippen LogP contribution < -0.4 is 0 Å². The van der Waals surface area contributed by atoms with Gasteiger partial charge in [-0.2, -0.15) is 24.4 Å². The standard InChI is InChI=1S/C6H14O2S2/c7-1-2-8-3-5-10-6-4-9/h7,9H,1-6H2. The summed E-state index contributed by atoms with van der Waals surface area (Å²) >= 11 is 5.88. The summed E-state index contributed by atoms with van der Waals surface area (Å²) < 4.78 is 5.03. The van der Waals surface area contributed by atoms with Crippen LogP contribution in [0.2, 0.25) is 0 Å². The maximum Gasteiger partial charge on any atom is 0.0698 e. The lowest BCUT2D eigenvalue weighted by atomic mass is 10.7. The number of hydrogen-bond donors (Lipinski definition) is 2. The maximum atomic E-state index is 8.32. The van der Waals surface area contributed by atoms with Crippen LogP contribution in [-0.2, 0) is 4.74 Å². The monoisotopic (exact) mass is 182 g/mol. The summed E-state index contributed by atoms with van der Waals surface area (Å²) in [6.45, 7) is 1.32. The fourth-order valence-corrected chi connectivity index (χ4v) is 1.41. The third-order valence-corrected chi connectivity index (χ3v) is 2.32. The largest absolute Gasteiger partial charge is 0.394 e. The molecule has 62 valence electrons. The zero-order valence-corrected chi connectivity index (χ0v) is 7.66. The smallest absolute Gasteiger partial charge is 0.0698 e. The quantitative estimate of drug-likeness (QED) is 0.448. The molecule has 4 heteroatoms. The van der Waals surface area contributed by atoms with Gasteiger partial charge in [-0.05, 0) is 5.75 Å². The topological polar surface area (TPSA) is 29.5 Å². The van der Waals surface area contributed by atoms with Crippen molar-refractivity contribution in [2.24, 2.45) is 0 Å². The number of thiol groups is 1. The van der Waals surface area contributed by atoms with Crippen LogP contribution in [0.15, 0.2) is 0 Å². The van der Waals surface area contributed by atoms with Crippen molar-refractivity contribution in [1.29, 1.82) is 0 Å². The molecule has 0 aromatic heterocycles. The summed E-state index contributed by atoms with van der Waals surface area (Å²) in [6, 6.07) is 0. The Hall–Kier alpha value is 0.620. The Morgan fingerprint density at radius 1 is 1.30 bits per heavy atom. The minimum absolute atomic E-state index is 0.122. The van der Waals surface area contributed by atoms with E-state index in [1.165, 1.54) is 0 Å². The zero-order valence-electron chi connectivity index (χ0n) is 5.95. The minimum Gasteiger partial charge on any atom is -0.394 e. The van der Waals surface area contributed by atoms with Gasteiger partial charge in [-0.3, -0.25) is 0 Å². The van der Waals surface area contributed by atoms with Gasteiger partial charge in [0.2, 0.25) is 0 Å². The van der Waals surface area contributed by atoms with Crippen molar-refractivity contribution >= 4 is 24.4 Å². The van der Waals surface area contributed by atoms with E-state index in [9.17, 15) is 0 Å². The van der Waals surface area contributed by atoms with Gasteiger partial charge in [-0.15, -0.1) is 0 Å². The molecule has 0 aliphatic carbocycles. The van der Waals surface area contributed by atoms with Gasteiger partial charge < -0.3 is 9.84 Å². The molecule has 0 fully saturated rings. The first-order valence-corrected chi connectivity index (χ1v) is 5.07. The van der Waals surface area contributed by atoms with Gasteiger partial charge in [0.1, 0.15) is 0 Å². The fraction of sp³-hybridized carbons (Fsp3) is 1.00. The van der Waals surface area contributed by atoms with E-state index in [1.807, 2.05) is 11.8 Å². The lowest BCUT2D eigenvalue weighted by Crippen LogP contribution is -2.02. The highest BCUT2D eigenvalue weighted by Crippen LogP contribution is 1.99. The molecule has 0 aliphatic heterocycles. The van der Waals surface area contributed by atoms with Crippen LogP contribution in [0, 0.1) is 0 Å². The van der Waals surface area contributed by atoms with Crippen molar-refractivity contribution in [3.8, 4) is 0 Å². The van der Waals surface area contributed by atoms with Crippen molar-refractivity contribution in [3.05, 3.63) is 0 Å². The Kier molecular flexibility index (Phi) is 10.2. The molecule has 0 bridgehead atoms. The summed E-state index contributed by atoms with van der Waals surface area (Å²) in [5.41, 5.74) is 0. The molecule has 0 heterocycles. The Labute approximate surface area is 71.7 Å². The van der Waals surface area contributed by atoms with E-state index >= 15 is 0 Å². The van der Waals surface area contributed by atoms with Crippen molar-refractivity contribution < 1.29 is 9.84 Å². The molecule has 0 spiro atoms. The number of ether oxygens (including phenoxy) is 1. The molecular weight excluding hydrogens is 168 g/mol. The second-order valence-electron chi connectivity index (χ2n) is 1.67. The highest BCUT2D eigenvalue weighted by molar-refractivity contribution is 8.00. The van der Waals surface area contributed by atoms with Crippen LogP contribution in [0.25, 0.3) is 0 Å². The molecule has 10 heavy (non-hydrogen) atoms. The van der Waals surface area contributed by atoms with E-state index in [0.717, 1.165) is 23.9 Å². The number of thioether (sulfide) groups is 1. The summed E-state index contributed by atoms with van der Waals surface area (Å²) in [5, 5.41) is 8.32. The summed E-state index contributed by atoms with van der Waals surface area (Å²) in [4.78, 5) is 0. The van der Waals surface area contributed by atoms with Crippen LogP contribution in [0.3, 0.4) is 0 Å². The maximum absolute atomic E-state index is 8.32. The lowest BCUT2D eigenvalue weighted by Gasteiger charge is -2.00. The van der Waals surface area contributed by atoms with Gasteiger partial charge >= 0.3 is 0 Å². The molecule has 0 aliphatic rings. The molecule has 0 radical (unpaired) electrons. The predicted molar refractivity (Wildman–Crippen MR) is 49.1 cm³/mol. The van der Waals surface area contributed by atoms with E-state index in [4.69, 9.17) is 9.84 Å². The zero-order chi connectivity index (χ0) is 7.66. The first kappa shape index (κ1) is 10.6. The van der Waals surface area contributed by atoms with Crippen LogP contribution in [-0.4, -0.2) is 42.2 Å². The van der Waals surface area contributed by atoms with Gasteiger partial charge in [0.05, 0.1) is 19.8 Å². The molecule has 0 atom stereocenters. The van der Waals surface area contributed by atoms with Gasteiger partial charge in [0, 0.05) is 11.5 Å². The first-order chi connectivity index (χ1) is 4.91. The third kappa shape index (κ3) is 8.62. The van der Waals surface area contributed by atoms with Gasteiger partial charge in [0.15, 0.2) is 0 Å². The highest BCUT2D eigenvalue weighted by atomic mass is 32.2. The third-order valence-electron chi connectivity index (χ3n) is 0.843. The van der Waals surface area contributed by atoms with Gasteiger partial charge in [-0.25, -0.2) is 0 Å². The Morgan fingerprint density at radius 3 is 2.70 bits per heavy atom. The molecule has 1 N–H and O–H groups in total. The minimum atomic E-state index is 0.122. The van der Waals surface area contributed by atoms with Crippen molar-refractivity contribution in [3.63, 3.8) is 0 Å². The average Bonchev–Trinajstić information content (AvgIpc) is 1.97. The van der Waals surface area contributed by atoms with Crippen molar-refractivity contribution in [1.82, 2.24) is 0 Å². The summed E-state index contributed by atoms with van der Waals surface area (Å²) in [7, 11) is 0. The number of aliphatic hydroxyl groups excluding tert-OH is 1. The van der Waals surface area contributed by atoms with E-state index in [-0.39, 0.29) is 6.61 Å². The molecule has 0 unspecified atom stereocenters. The number of aliphatic hydroxyl groups is 1. The van der Waals surface area contributed by atoms with Gasteiger partial charge in [0.25, 0.3) is 0 Å². The first-order valence-electron chi connectivity index (χ1n) is 3.29. The molecule has 0 amide bonds. The highest BCUT2D eigenvalue weighted by Gasteiger charge is 1.87. The number of rotatable bonds is 7. The van der Waals surface area contributed by atoms with E-state index in [2.05, 4.69) is 12.6 Å². The summed E-state index contributed by atoms with van der Waals surface area (Å²) in [5.74, 6) is 3.00.